The molecule has 6 nitrogen and oxygen atoms in total. The number of likely N-dealkylation sites (tertiary alicyclic amines) is 1. The van der Waals surface area contributed by atoms with E-state index in [-0.39, 0.29) is 23.6 Å². The summed E-state index contributed by atoms with van der Waals surface area (Å²) in [6.07, 6.45) is 7.04. The van der Waals surface area contributed by atoms with Gasteiger partial charge in [-0.25, -0.2) is 9.97 Å². The Morgan fingerprint density at radius 1 is 1.23 bits per heavy atom. The van der Waals surface area contributed by atoms with Gasteiger partial charge in [-0.3, -0.25) is 4.79 Å². The molecule has 0 radical (unpaired) electrons. The van der Waals surface area contributed by atoms with E-state index in [1.54, 1.807) is 0 Å². The number of aryl methyl sites for hydroxylation is 1. The summed E-state index contributed by atoms with van der Waals surface area (Å²) in [5, 5.41) is 9.04. The molecule has 1 aliphatic heterocycles. The van der Waals surface area contributed by atoms with Gasteiger partial charge in [-0.2, -0.15) is 5.26 Å². The van der Waals surface area contributed by atoms with Gasteiger partial charge in [-0.1, -0.05) is 30.3 Å². The number of nitrogens with zero attached hydrogens (tertiary/aromatic N) is 4. The smallest absolute Gasteiger partial charge is 0.251 e. The molecule has 3 rings (SSSR count). The predicted octanol–water partition coefficient (Wildman–Crippen LogP) is 2.74. The van der Waals surface area contributed by atoms with Crippen LogP contribution in [0.3, 0.4) is 0 Å². The zero-order valence-electron chi connectivity index (χ0n) is 14.7. The second-order valence-corrected chi connectivity index (χ2v) is 6.38. The summed E-state index contributed by atoms with van der Waals surface area (Å²) >= 11 is 0. The molecule has 1 atom stereocenters. The minimum Gasteiger partial charge on any atom is -0.470 e. The molecular formula is C20H22N4O2. The normalized spacial score (nSPS) is 16.3. The fourth-order valence-corrected chi connectivity index (χ4v) is 3.11. The number of nitriles is 1. The highest BCUT2D eigenvalue weighted by Gasteiger charge is 2.28. The molecule has 0 saturated carbocycles. The maximum Gasteiger partial charge on any atom is 0.251 e. The van der Waals surface area contributed by atoms with Crippen LogP contribution in [0.15, 0.2) is 42.7 Å². The van der Waals surface area contributed by atoms with E-state index in [2.05, 4.69) is 22.1 Å². The maximum absolute atomic E-state index is 12.4. The first kappa shape index (κ1) is 17.9. The van der Waals surface area contributed by atoms with Gasteiger partial charge in [0.05, 0.1) is 6.54 Å². The zero-order chi connectivity index (χ0) is 18.2. The first-order chi connectivity index (χ1) is 12.8. The van der Waals surface area contributed by atoms with Crippen molar-refractivity contribution in [3.63, 3.8) is 0 Å². The number of ether oxygens (including phenoxy) is 1. The summed E-state index contributed by atoms with van der Waals surface area (Å²) in [5.41, 5.74) is 1.49. The molecule has 0 spiro atoms. The van der Waals surface area contributed by atoms with Crippen LogP contribution in [-0.4, -0.2) is 40.0 Å². The molecule has 0 bridgehead atoms. The van der Waals surface area contributed by atoms with Crippen molar-refractivity contribution in [2.24, 2.45) is 0 Å². The van der Waals surface area contributed by atoms with Crippen molar-refractivity contribution in [2.45, 2.75) is 38.2 Å². The molecule has 1 aliphatic rings. The Bertz CT molecular complexity index is 773. The highest BCUT2D eigenvalue weighted by Crippen LogP contribution is 2.19. The summed E-state index contributed by atoms with van der Waals surface area (Å²) in [5.74, 6) is 0.418. The Labute approximate surface area is 153 Å². The van der Waals surface area contributed by atoms with Gasteiger partial charge in [0.15, 0.2) is 0 Å². The summed E-state index contributed by atoms with van der Waals surface area (Å²) in [6.45, 7) is 1.23. The summed E-state index contributed by atoms with van der Waals surface area (Å²) in [4.78, 5) is 22.2. The van der Waals surface area contributed by atoms with Crippen LogP contribution in [0, 0.1) is 11.3 Å². The zero-order valence-corrected chi connectivity index (χ0v) is 14.7. The number of aromatic nitrogens is 2. The van der Waals surface area contributed by atoms with E-state index < -0.39 is 0 Å². The number of rotatable bonds is 7. The van der Waals surface area contributed by atoms with E-state index in [1.165, 1.54) is 18.0 Å². The Morgan fingerprint density at radius 3 is 2.85 bits per heavy atom. The fourth-order valence-electron chi connectivity index (χ4n) is 3.11. The van der Waals surface area contributed by atoms with E-state index in [1.807, 2.05) is 29.2 Å². The molecule has 6 heteroatoms. The molecule has 1 fully saturated rings. The average Bonchev–Trinajstić information content (AvgIpc) is 3.15. The van der Waals surface area contributed by atoms with Gasteiger partial charge in [-0.05, 0) is 24.8 Å². The van der Waals surface area contributed by atoms with Crippen LogP contribution in [0.2, 0.25) is 0 Å². The standard InChI is InChI=1S/C20H22N4O2/c21-14-18-20(23-12-11-22-18)26-17-10-13-24(15-17)19(25)9-5-4-8-16-6-2-1-3-7-16/h1-3,6-7,11-12,17H,4-5,8-10,13,15H2. The number of carbonyl (C=O) groups is 1. The molecule has 1 aromatic carbocycles. The lowest BCUT2D eigenvalue weighted by Gasteiger charge is -2.17. The van der Waals surface area contributed by atoms with Crippen molar-refractivity contribution in [2.75, 3.05) is 13.1 Å². The van der Waals surface area contributed by atoms with E-state index in [9.17, 15) is 4.79 Å². The van der Waals surface area contributed by atoms with Gasteiger partial charge in [-0.15, -0.1) is 0 Å². The first-order valence-corrected chi connectivity index (χ1v) is 8.95. The van der Waals surface area contributed by atoms with E-state index in [0.717, 1.165) is 25.7 Å². The monoisotopic (exact) mass is 350 g/mol. The van der Waals surface area contributed by atoms with Gasteiger partial charge in [0.25, 0.3) is 5.88 Å². The summed E-state index contributed by atoms with van der Waals surface area (Å²) in [6, 6.07) is 12.3. The Kier molecular flexibility index (Phi) is 6.15. The van der Waals surface area contributed by atoms with Crippen LogP contribution in [0.1, 0.15) is 36.9 Å². The number of benzene rings is 1. The minimum atomic E-state index is -0.132. The van der Waals surface area contributed by atoms with Crippen LogP contribution < -0.4 is 4.74 Å². The molecule has 2 aromatic rings. The van der Waals surface area contributed by atoms with E-state index >= 15 is 0 Å². The second-order valence-electron chi connectivity index (χ2n) is 6.38. The van der Waals surface area contributed by atoms with Crippen LogP contribution in [0.5, 0.6) is 5.88 Å². The molecule has 0 aliphatic carbocycles. The first-order valence-electron chi connectivity index (χ1n) is 8.95. The SMILES string of the molecule is N#Cc1nccnc1OC1CCN(C(=O)CCCCc2ccccc2)C1. The molecule has 134 valence electrons. The molecule has 26 heavy (non-hydrogen) atoms. The molecule has 1 saturated heterocycles. The lowest BCUT2D eigenvalue weighted by molar-refractivity contribution is -0.130. The largest absolute Gasteiger partial charge is 0.470 e. The van der Waals surface area contributed by atoms with Gasteiger partial charge in [0, 0.05) is 31.8 Å². The van der Waals surface area contributed by atoms with Gasteiger partial charge < -0.3 is 9.64 Å². The van der Waals surface area contributed by atoms with Crippen molar-refractivity contribution in [1.29, 1.82) is 5.26 Å². The van der Waals surface area contributed by atoms with Gasteiger partial charge >= 0.3 is 0 Å². The Hall–Kier alpha value is -2.94. The van der Waals surface area contributed by atoms with Crippen molar-refractivity contribution >= 4 is 5.91 Å². The fraction of sp³-hybridized carbons (Fsp3) is 0.400. The minimum absolute atomic E-state index is 0.132. The Morgan fingerprint density at radius 2 is 2.04 bits per heavy atom. The molecule has 1 amide bonds. The van der Waals surface area contributed by atoms with Crippen molar-refractivity contribution in [1.82, 2.24) is 14.9 Å². The third kappa shape index (κ3) is 4.79. The molecule has 1 aromatic heterocycles. The number of carbonyl (C=O) groups excluding carboxylic acids is 1. The molecule has 2 heterocycles. The van der Waals surface area contributed by atoms with Gasteiger partial charge in [0.1, 0.15) is 12.2 Å². The molecule has 0 N–H and O–H groups in total. The quantitative estimate of drug-likeness (QED) is 0.718. The summed E-state index contributed by atoms with van der Waals surface area (Å²) < 4.78 is 5.77. The number of hydrogen-bond acceptors (Lipinski definition) is 5. The maximum atomic E-state index is 12.4. The highest BCUT2D eigenvalue weighted by molar-refractivity contribution is 5.76. The average molecular weight is 350 g/mol. The highest BCUT2D eigenvalue weighted by atomic mass is 16.5. The molecule has 1 unspecified atom stereocenters. The second kappa shape index (κ2) is 8.95. The third-order valence-electron chi connectivity index (χ3n) is 4.50. The van der Waals surface area contributed by atoms with Crippen molar-refractivity contribution in [3.05, 3.63) is 54.0 Å². The topological polar surface area (TPSA) is 79.1 Å². The molecular weight excluding hydrogens is 328 g/mol. The van der Waals surface area contributed by atoms with E-state index in [4.69, 9.17) is 10.00 Å². The van der Waals surface area contributed by atoms with Crippen molar-refractivity contribution < 1.29 is 9.53 Å². The van der Waals surface area contributed by atoms with Crippen LogP contribution in [-0.2, 0) is 11.2 Å². The van der Waals surface area contributed by atoms with Crippen LogP contribution in [0.4, 0.5) is 0 Å². The lowest BCUT2D eigenvalue weighted by atomic mass is 10.1. The predicted molar refractivity (Wildman–Crippen MR) is 96.4 cm³/mol. The number of amides is 1. The Balaban J connectivity index is 1.40. The van der Waals surface area contributed by atoms with Crippen LogP contribution in [0.25, 0.3) is 0 Å². The van der Waals surface area contributed by atoms with Crippen molar-refractivity contribution in [3.8, 4) is 11.9 Å². The number of unbranched alkanes of at least 4 members (excludes halogenated alkanes) is 1. The van der Waals surface area contributed by atoms with Gasteiger partial charge in [0.2, 0.25) is 11.6 Å². The summed E-state index contributed by atoms with van der Waals surface area (Å²) in [7, 11) is 0. The number of hydrogen-bond donors (Lipinski definition) is 0. The van der Waals surface area contributed by atoms with E-state index in [0.29, 0.717) is 19.5 Å². The third-order valence-corrected chi connectivity index (χ3v) is 4.50. The lowest BCUT2D eigenvalue weighted by Crippen LogP contribution is -2.30. The van der Waals surface area contributed by atoms with Crippen LogP contribution >= 0.6 is 0 Å².